The van der Waals surface area contributed by atoms with Crippen LogP contribution in [0, 0.1) is 17.6 Å². The highest BCUT2D eigenvalue weighted by molar-refractivity contribution is 7.10. The first kappa shape index (κ1) is 38.1. The molecule has 15 heteroatoms. The maximum atomic E-state index is 13.3. The zero-order chi connectivity index (χ0) is 36.4. The quantitative estimate of drug-likeness (QED) is 0.144. The van der Waals surface area contributed by atoms with Crippen molar-refractivity contribution in [1.29, 1.82) is 0 Å². The molecule has 286 valence electrons. The maximum absolute atomic E-state index is 13.3. The lowest BCUT2D eigenvalue weighted by atomic mass is 9.96. The predicted molar refractivity (Wildman–Crippen MR) is 214 cm³/mol. The molecule has 2 aliphatic carbocycles. The first-order valence-electron chi connectivity index (χ1n) is 19.2. The summed E-state index contributed by atoms with van der Waals surface area (Å²) in [5, 5.41) is 9.69. The Kier molecular flexibility index (Phi) is 13.6. The molecule has 0 radical (unpaired) electrons. The van der Waals surface area contributed by atoms with Crippen molar-refractivity contribution in [1.82, 2.24) is 28.5 Å². The van der Waals surface area contributed by atoms with E-state index < -0.39 is 11.6 Å². The first-order valence-corrected chi connectivity index (χ1v) is 21.2. The van der Waals surface area contributed by atoms with E-state index in [1.165, 1.54) is 85.7 Å². The van der Waals surface area contributed by atoms with Gasteiger partial charge in [0.2, 0.25) is 22.2 Å². The number of hydrogen-bond acceptors (Lipinski definition) is 12. The van der Waals surface area contributed by atoms with Crippen molar-refractivity contribution in [2.24, 2.45) is 5.92 Å². The number of anilines is 4. The van der Waals surface area contributed by atoms with Gasteiger partial charge < -0.3 is 20.4 Å². The van der Waals surface area contributed by atoms with Crippen molar-refractivity contribution in [3.8, 4) is 0 Å². The lowest BCUT2D eigenvalue weighted by Gasteiger charge is -2.34. The normalized spacial score (nSPS) is 18.8. The van der Waals surface area contributed by atoms with Crippen molar-refractivity contribution < 1.29 is 8.78 Å². The van der Waals surface area contributed by atoms with E-state index in [2.05, 4.69) is 56.1 Å². The van der Waals surface area contributed by atoms with Crippen LogP contribution >= 0.6 is 34.7 Å². The highest BCUT2D eigenvalue weighted by Crippen LogP contribution is 2.29. The Bertz CT molecular complexity index is 1700. The number of nitrogens with zero attached hydrogens (tertiary/aromatic N) is 8. The number of nitrogens with one attached hydrogen (secondary N) is 2. The van der Waals surface area contributed by atoms with Gasteiger partial charge in [-0.1, -0.05) is 49.1 Å². The molecule has 2 saturated carbocycles. The van der Waals surface area contributed by atoms with Gasteiger partial charge in [-0.05, 0) is 79.8 Å². The second-order valence-corrected chi connectivity index (χ2v) is 16.5. The van der Waals surface area contributed by atoms with Crippen LogP contribution in [0.4, 0.5) is 30.9 Å². The molecule has 2 aromatic carbocycles. The Hall–Kier alpha value is -3.17. The maximum Gasteiger partial charge on any atom is 0.236 e. The van der Waals surface area contributed by atoms with Crippen molar-refractivity contribution in [2.45, 2.75) is 63.8 Å². The van der Waals surface area contributed by atoms with Crippen LogP contribution in [0.25, 0.3) is 0 Å². The Balaban J connectivity index is 0.000000164. The van der Waals surface area contributed by atoms with Crippen LogP contribution < -0.4 is 20.4 Å². The van der Waals surface area contributed by atoms with E-state index in [-0.39, 0.29) is 0 Å². The number of hydrogen-bond donors (Lipinski definition) is 2. The number of piperazine rings is 2. The molecular formula is C38H51ClF2N10S2. The third-order valence-electron chi connectivity index (χ3n) is 10.6. The molecule has 4 aliphatic rings. The standard InChI is InChI=1S/C20H28ClN5S.C18H23F2N5S/c21-17-8-6-16(7-9-17)10-11-25-12-14-26(15-13-25)20-23-19(24-27-20)22-18-4-2-1-3-5-18;19-15-4-3-13(11-16(15)20)5-6-24-7-9-25(10-8-24)18-22-17(23-26-18)21-12-14-1-2-14/h6-9,18H,1-5,10-15H2,(H,22,24);3-4,11,14H,1-2,5-10,12H2,(H,21,23). The van der Waals surface area contributed by atoms with E-state index in [1.807, 2.05) is 12.1 Å². The molecule has 0 unspecified atom stereocenters. The minimum atomic E-state index is -0.787. The molecule has 2 aliphatic heterocycles. The fraction of sp³-hybridized carbons (Fsp3) is 0.579. The zero-order valence-electron chi connectivity index (χ0n) is 30.4. The highest BCUT2D eigenvalue weighted by Gasteiger charge is 2.24. The van der Waals surface area contributed by atoms with Crippen LogP contribution in [0.1, 0.15) is 56.1 Å². The van der Waals surface area contributed by atoms with E-state index in [0.717, 1.165) is 123 Å². The molecule has 0 bridgehead atoms. The van der Waals surface area contributed by atoms with Crippen LogP contribution in [-0.4, -0.2) is 107 Å². The zero-order valence-corrected chi connectivity index (χ0v) is 32.8. The molecule has 10 nitrogen and oxygen atoms in total. The summed E-state index contributed by atoms with van der Waals surface area (Å²) >= 11 is 8.94. The fourth-order valence-corrected chi connectivity index (χ4v) is 8.56. The molecule has 4 fully saturated rings. The van der Waals surface area contributed by atoms with Gasteiger partial charge in [0, 0.05) is 106 Å². The summed E-state index contributed by atoms with van der Waals surface area (Å²) in [4.78, 5) is 18.9. The lowest BCUT2D eigenvalue weighted by molar-refractivity contribution is 0.261. The Morgan fingerprint density at radius 2 is 1.23 bits per heavy atom. The van der Waals surface area contributed by atoms with E-state index in [0.29, 0.717) is 6.04 Å². The third kappa shape index (κ3) is 11.7. The lowest BCUT2D eigenvalue weighted by Crippen LogP contribution is -2.47. The number of aromatic nitrogens is 4. The average Bonchev–Trinajstić information content (AvgIpc) is 3.70. The molecule has 53 heavy (non-hydrogen) atoms. The van der Waals surface area contributed by atoms with Crippen molar-refractivity contribution in [3.05, 3.63) is 70.2 Å². The van der Waals surface area contributed by atoms with E-state index in [1.54, 1.807) is 6.07 Å². The summed E-state index contributed by atoms with van der Waals surface area (Å²) in [6.07, 6.45) is 11.0. The largest absolute Gasteiger partial charge is 0.353 e. The predicted octanol–water partition coefficient (Wildman–Crippen LogP) is 7.30. The van der Waals surface area contributed by atoms with Gasteiger partial charge in [0.1, 0.15) is 0 Å². The van der Waals surface area contributed by atoms with Gasteiger partial charge in [0.15, 0.2) is 11.6 Å². The second-order valence-electron chi connectivity index (χ2n) is 14.6. The van der Waals surface area contributed by atoms with Crippen molar-refractivity contribution in [2.75, 3.05) is 92.4 Å². The van der Waals surface area contributed by atoms with Gasteiger partial charge in [-0.15, -0.1) is 0 Å². The molecule has 2 N–H and O–H groups in total. The van der Waals surface area contributed by atoms with E-state index in [4.69, 9.17) is 16.6 Å². The number of benzene rings is 2. The number of halogens is 3. The summed E-state index contributed by atoms with van der Waals surface area (Å²) in [5.41, 5.74) is 2.19. The first-order chi connectivity index (χ1) is 25.9. The molecule has 0 amide bonds. The second kappa shape index (κ2) is 18.9. The summed E-state index contributed by atoms with van der Waals surface area (Å²) in [6.45, 7) is 10.8. The van der Waals surface area contributed by atoms with E-state index in [9.17, 15) is 8.78 Å². The van der Waals surface area contributed by atoms with Gasteiger partial charge in [-0.2, -0.15) is 18.7 Å². The average molecular weight is 785 g/mol. The van der Waals surface area contributed by atoms with E-state index >= 15 is 0 Å². The van der Waals surface area contributed by atoms with Crippen LogP contribution in [-0.2, 0) is 12.8 Å². The third-order valence-corrected chi connectivity index (χ3v) is 12.4. The molecule has 4 aromatic rings. The van der Waals surface area contributed by atoms with Crippen molar-refractivity contribution in [3.63, 3.8) is 0 Å². The Morgan fingerprint density at radius 1 is 0.660 bits per heavy atom. The van der Waals surface area contributed by atoms with Gasteiger partial charge in [0.25, 0.3) is 0 Å². The Labute approximate surface area is 325 Å². The smallest absolute Gasteiger partial charge is 0.236 e. The highest BCUT2D eigenvalue weighted by atomic mass is 35.5. The summed E-state index contributed by atoms with van der Waals surface area (Å²) < 4.78 is 35.2. The molecule has 2 saturated heterocycles. The van der Waals surface area contributed by atoms with Gasteiger partial charge in [-0.3, -0.25) is 9.80 Å². The Morgan fingerprint density at radius 3 is 1.83 bits per heavy atom. The van der Waals surface area contributed by atoms with Crippen molar-refractivity contribution >= 4 is 56.8 Å². The SMILES string of the molecule is Clc1ccc(CCN2CCN(c3nc(NC4CCCCC4)ns3)CC2)cc1.Fc1ccc(CCN2CCN(c3nc(NCC4CC4)ns3)CC2)cc1F. The fourth-order valence-electron chi connectivity index (χ4n) is 7.05. The summed E-state index contributed by atoms with van der Waals surface area (Å²) in [6, 6.07) is 12.9. The van der Waals surface area contributed by atoms with Crippen LogP contribution in [0.3, 0.4) is 0 Å². The molecular weight excluding hydrogens is 734 g/mol. The number of rotatable bonds is 13. The van der Waals surface area contributed by atoms with Gasteiger partial charge in [-0.25, -0.2) is 8.78 Å². The van der Waals surface area contributed by atoms with Gasteiger partial charge in [0.05, 0.1) is 0 Å². The molecule has 2 aromatic heterocycles. The summed E-state index contributed by atoms with van der Waals surface area (Å²) in [5.74, 6) is 0.824. The van der Waals surface area contributed by atoms with Crippen LogP contribution in [0.2, 0.25) is 5.02 Å². The molecule has 0 atom stereocenters. The van der Waals surface area contributed by atoms with Crippen LogP contribution in [0.15, 0.2) is 42.5 Å². The minimum absolute atomic E-state index is 0.561. The molecule has 4 heterocycles. The monoisotopic (exact) mass is 784 g/mol. The van der Waals surface area contributed by atoms with Gasteiger partial charge >= 0.3 is 0 Å². The molecule has 8 rings (SSSR count). The summed E-state index contributed by atoms with van der Waals surface area (Å²) in [7, 11) is 0. The molecule has 0 spiro atoms. The topological polar surface area (TPSA) is 88.6 Å². The minimum Gasteiger partial charge on any atom is -0.353 e. The van der Waals surface area contributed by atoms with Crippen LogP contribution in [0.5, 0.6) is 0 Å².